The molecule has 0 unspecified atom stereocenters. The molecule has 0 aromatic heterocycles. The van der Waals surface area contributed by atoms with Gasteiger partial charge in [-0.3, -0.25) is 10.1 Å². The Labute approximate surface area is 134 Å². The molecule has 7 nitrogen and oxygen atoms in total. The summed E-state index contributed by atoms with van der Waals surface area (Å²) in [6.45, 7) is 0. The zero-order valence-electron chi connectivity index (χ0n) is 11.4. The van der Waals surface area contributed by atoms with Gasteiger partial charge in [0.05, 0.1) is 26.5 Å². The number of nitro benzene ring substituents is 1. The molecule has 0 saturated carbocycles. The van der Waals surface area contributed by atoms with Crippen LogP contribution in [-0.4, -0.2) is 16.0 Å². The van der Waals surface area contributed by atoms with Crippen molar-refractivity contribution in [1.82, 2.24) is 0 Å². The highest BCUT2D eigenvalue weighted by Gasteiger charge is 2.19. The average molecular weight is 325 g/mol. The predicted molar refractivity (Wildman–Crippen MR) is 80.1 cm³/mol. The first kappa shape index (κ1) is 16.0. The van der Waals surface area contributed by atoms with E-state index in [0.29, 0.717) is 4.90 Å². The Kier molecular flexibility index (Phi) is 4.60. The zero-order valence-corrected chi connectivity index (χ0v) is 12.2. The monoisotopic (exact) mass is 325 g/mol. The van der Waals surface area contributed by atoms with Gasteiger partial charge >= 0.3 is 5.97 Å². The molecule has 0 heterocycles. The Morgan fingerprint density at radius 3 is 2.39 bits per heavy atom. The van der Waals surface area contributed by atoms with Crippen LogP contribution in [0.5, 0.6) is 0 Å². The minimum absolute atomic E-state index is 0.0231. The lowest BCUT2D eigenvalue weighted by Gasteiger charge is -2.05. The van der Waals surface area contributed by atoms with Gasteiger partial charge in [0.25, 0.3) is 5.69 Å². The van der Waals surface area contributed by atoms with Gasteiger partial charge in [-0.25, -0.2) is 4.79 Å². The fourth-order valence-electron chi connectivity index (χ4n) is 1.80. The average Bonchev–Trinajstić information content (AvgIpc) is 2.54. The van der Waals surface area contributed by atoms with Crippen molar-refractivity contribution in [3.05, 3.63) is 63.2 Å². The lowest BCUT2D eigenvalue weighted by Crippen LogP contribution is -1.96. The van der Waals surface area contributed by atoms with Crippen LogP contribution in [0.1, 0.15) is 21.5 Å². The van der Waals surface area contributed by atoms with Crippen LogP contribution in [0.4, 0.5) is 5.69 Å². The number of benzene rings is 2. The second kappa shape index (κ2) is 6.60. The van der Waals surface area contributed by atoms with Gasteiger partial charge < -0.3 is 5.11 Å². The highest BCUT2D eigenvalue weighted by atomic mass is 32.2. The molecule has 2 aromatic carbocycles. The number of nitrogens with zero attached hydrogens (tertiary/aromatic N) is 3. The molecular formula is C15H7N3O4S. The largest absolute Gasteiger partial charge is 0.478 e. The van der Waals surface area contributed by atoms with Gasteiger partial charge in [-0.05, 0) is 24.3 Å². The molecule has 8 heteroatoms. The van der Waals surface area contributed by atoms with Gasteiger partial charge in [0.15, 0.2) is 0 Å². The Balaban J connectivity index is 2.53. The molecular weight excluding hydrogens is 318 g/mol. The second-order valence-electron chi connectivity index (χ2n) is 4.28. The topological polar surface area (TPSA) is 128 Å². The number of carbonyl (C=O) groups is 1. The summed E-state index contributed by atoms with van der Waals surface area (Å²) in [7, 11) is 0. The van der Waals surface area contributed by atoms with Crippen LogP contribution >= 0.6 is 11.8 Å². The summed E-state index contributed by atoms with van der Waals surface area (Å²) in [5, 5.41) is 38.1. The molecule has 0 aliphatic heterocycles. The smallest absolute Gasteiger partial charge is 0.335 e. The van der Waals surface area contributed by atoms with Crippen molar-refractivity contribution < 1.29 is 14.8 Å². The third-order valence-electron chi connectivity index (χ3n) is 2.85. The van der Waals surface area contributed by atoms with Crippen LogP contribution in [-0.2, 0) is 0 Å². The number of aromatic carboxylic acids is 1. The molecule has 0 spiro atoms. The van der Waals surface area contributed by atoms with Crippen LogP contribution in [0.3, 0.4) is 0 Å². The number of carboxylic acids is 1. The molecule has 0 saturated heterocycles. The van der Waals surface area contributed by atoms with Crippen LogP contribution in [0.2, 0.25) is 0 Å². The Morgan fingerprint density at radius 2 is 1.83 bits per heavy atom. The lowest BCUT2D eigenvalue weighted by atomic mass is 10.1. The molecule has 0 atom stereocenters. The molecule has 0 bridgehead atoms. The summed E-state index contributed by atoms with van der Waals surface area (Å²) < 4.78 is 0. The minimum Gasteiger partial charge on any atom is -0.478 e. The number of rotatable bonds is 4. The molecule has 2 rings (SSSR count). The first-order chi connectivity index (χ1) is 11.0. The Bertz CT molecular complexity index is 897. The number of hydrogen-bond donors (Lipinski definition) is 1. The molecule has 23 heavy (non-hydrogen) atoms. The third-order valence-corrected chi connectivity index (χ3v) is 3.88. The molecule has 0 fully saturated rings. The molecule has 112 valence electrons. The van der Waals surface area contributed by atoms with Crippen LogP contribution in [0, 0.1) is 32.8 Å². The Hall–Kier alpha value is -3.36. The molecule has 0 aliphatic rings. The molecule has 0 aliphatic carbocycles. The normalized spacial score (nSPS) is 9.65. The van der Waals surface area contributed by atoms with E-state index in [9.17, 15) is 14.9 Å². The third kappa shape index (κ3) is 3.46. The van der Waals surface area contributed by atoms with E-state index in [2.05, 4.69) is 0 Å². The van der Waals surface area contributed by atoms with E-state index in [1.165, 1.54) is 24.3 Å². The van der Waals surface area contributed by atoms with Gasteiger partial charge in [0, 0.05) is 11.0 Å². The summed E-state index contributed by atoms with van der Waals surface area (Å²) in [5.74, 6) is -1.11. The van der Waals surface area contributed by atoms with Crippen molar-refractivity contribution in [3.63, 3.8) is 0 Å². The van der Waals surface area contributed by atoms with Gasteiger partial charge in [-0.15, -0.1) is 0 Å². The summed E-state index contributed by atoms with van der Waals surface area (Å²) in [6.07, 6.45) is 0. The summed E-state index contributed by atoms with van der Waals surface area (Å²) >= 11 is 0.957. The van der Waals surface area contributed by atoms with E-state index in [1.807, 2.05) is 6.07 Å². The number of nitriles is 2. The van der Waals surface area contributed by atoms with Crippen molar-refractivity contribution in [2.45, 2.75) is 9.79 Å². The maximum Gasteiger partial charge on any atom is 0.335 e. The van der Waals surface area contributed by atoms with E-state index in [0.717, 1.165) is 17.8 Å². The number of hydrogen-bond acceptors (Lipinski definition) is 6. The highest BCUT2D eigenvalue weighted by molar-refractivity contribution is 7.99. The van der Waals surface area contributed by atoms with Gasteiger partial charge in [0.1, 0.15) is 12.1 Å². The molecule has 0 amide bonds. The number of carboxylic acid groups (broad SMARTS) is 1. The van der Waals surface area contributed by atoms with Gasteiger partial charge in [-0.2, -0.15) is 10.5 Å². The van der Waals surface area contributed by atoms with E-state index in [-0.39, 0.29) is 27.3 Å². The predicted octanol–water partition coefficient (Wildman–Crippen LogP) is 3.19. The maximum atomic E-state index is 11.2. The summed E-state index contributed by atoms with van der Waals surface area (Å²) in [5.41, 5.74) is -0.323. The van der Waals surface area contributed by atoms with Crippen molar-refractivity contribution in [3.8, 4) is 12.1 Å². The van der Waals surface area contributed by atoms with Crippen LogP contribution in [0.25, 0.3) is 0 Å². The van der Waals surface area contributed by atoms with Crippen molar-refractivity contribution in [2.75, 3.05) is 0 Å². The van der Waals surface area contributed by atoms with E-state index in [1.54, 1.807) is 12.1 Å². The van der Waals surface area contributed by atoms with Crippen LogP contribution < -0.4 is 0 Å². The summed E-state index contributed by atoms with van der Waals surface area (Å²) in [4.78, 5) is 22.1. The standard InChI is InChI=1S/C15H7N3O4S/c16-7-10-5-13(18(21)22)14(6-11(10)8-17)23-12-3-1-2-9(4-12)15(19)20/h1-6H,(H,19,20). The SMILES string of the molecule is N#Cc1cc(Sc2cccc(C(=O)O)c2)c([N+](=O)[O-])cc1C#N. The van der Waals surface area contributed by atoms with E-state index < -0.39 is 10.9 Å². The molecule has 0 radical (unpaired) electrons. The molecule has 1 N–H and O–H groups in total. The quantitative estimate of drug-likeness (QED) is 0.675. The highest BCUT2D eigenvalue weighted by Crippen LogP contribution is 2.36. The van der Waals surface area contributed by atoms with Crippen molar-refractivity contribution in [1.29, 1.82) is 10.5 Å². The second-order valence-corrected chi connectivity index (χ2v) is 5.40. The maximum absolute atomic E-state index is 11.2. The van der Waals surface area contributed by atoms with Crippen LogP contribution in [0.15, 0.2) is 46.2 Å². The first-order valence-corrected chi connectivity index (χ1v) is 6.91. The van der Waals surface area contributed by atoms with Gasteiger partial charge in [-0.1, -0.05) is 17.8 Å². The number of nitro groups is 1. The van der Waals surface area contributed by atoms with Gasteiger partial charge in [0.2, 0.25) is 0 Å². The fraction of sp³-hybridized carbons (Fsp3) is 0. The van der Waals surface area contributed by atoms with E-state index >= 15 is 0 Å². The Morgan fingerprint density at radius 1 is 1.17 bits per heavy atom. The molecule has 2 aromatic rings. The lowest BCUT2D eigenvalue weighted by molar-refractivity contribution is -0.387. The van der Waals surface area contributed by atoms with Crippen molar-refractivity contribution >= 4 is 23.4 Å². The minimum atomic E-state index is -1.11. The van der Waals surface area contributed by atoms with E-state index in [4.69, 9.17) is 15.6 Å². The van der Waals surface area contributed by atoms with Crippen molar-refractivity contribution in [2.24, 2.45) is 0 Å². The fourth-order valence-corrected chi connectivity index (χ4v) is 2.80. The first-order valence-electron chi connectivity index (χ1n) is 6.10. The summed E-state index contributed by atoms with van der Waals surface area (Å²) in [6, 6.07) is 11.8. The zero-order chi connectivity index (χ0) is 17.0.